The van der Waals surface area contributed by atoms with Crippen LogP contribution in [0.15, 0.2) is 18.2 Å². The molecule has 0 bridgehead atoms. The minimum Gasteiger partial charge on any atom is -0.395 e. The topological polar surface area (TPSA) is 69.6 Å². The Morgan fingerprint density at radius 1 is 1.50 bits per heavy atom. The van der Waals surface area contributed by atoms with Gasteiger partial charge in [0.05, 0.1) is 6.61 Å². The summed E-state index contributed by atoms with van der Waals surface area (Å²) in [5.41, 5.74) is 0.107. The Balaban J connectivity index is 2.84. The number of benzene rings is 1. The first-order valence-electron chi connectivity index (χ1n) is 5.13. The van der Waals surface area contributed by atoms with Gasteiger partial charge in [0.2, 0.25) is 0 Å². The quantitative estimate of drug-likeness (QED) is 0.813. The highest BCUT2D eigenvalue weighted by Crippen LogP contribution is 2.20. The molecule has 1 rings (SSSR count). The highest BCUT2D eigenvalue weighted by atomic mass is 35.5. The van der Waals surface area contributed by atoms with Gasteiger partial charge in [-0.25, -0.2) is 4.39 Å². The fourth-order valence-corrected chi connectivity index (χ4v) is 2.37. The van der Waals surface area contributed by atoms with Gasteiger partial charge in [-0.1, -0.05) is 17.7 Å². The second-order valence-electron chi connectivity index (χ2n) is 3.58. The van der Waals surface area contributed by atoms with E-state index in [0.29, 0.717) is 0 Å². The average molecular weight is 297 g/mol. The molecular weight excluding hydrogens is 283 g/mol. The molecule has 0 saturated heterocycles. The van der Waals surface area contributed by atoms with Crippen LogP contribution < -0.4 is 4.72 Å². The van der Waals surface area contributed by atoms with Crippen LogP contribution in [0.25, 0.3) is 0 Å². The van der Waals surface area contributed by atoms with Gasteiger partial charge >= 0.3 is 0 Å². The van der Waals surface area contributed by atoms with Crippen LogP contribution in [0.3, 0.4) is 0 Å². The van der Waals surface area contributed by atoms with Crippen molar-refractivity contribution in [1.29, 1.82) is 0 Å². The number of hydrogen-bond acceptors (Lipinski definition) is 3. The smallest absolute Gasteiger partial charge is 0.279 e. The minimum absolute atomic E-state index is 0.0995. The van der Waals surface area contributed by atoms with E-state index in [9.17, 15) is 12.8 Å². The van der Waals surface area contributed by atoms with Crippen molar-refractivity contribution >= 4 is 21.8 Å². The SMILES string of the molecule is CN(Cc1c(F)cccc1Cl)S(=O)(=O)NCCO. The molecule has 8 heteroatoms. The number of rotatable bonds is 6. The zero-order valence-electron chi connectivity index (χ0n) is 9.73. The van der Waals surface area contributed by atoms with E-state index in [1.54, 1.807) is 0 Å². The lowest BCUT2D eigenvalue weighted by Gasteiger charge is -2.18. The van der Waals surface area contributed by atoms with Gasteiger partial charge in [0.15, 0.2) is 0 Å². The maximum Gasteiger partial charge on any atom is 0.279 e. The molecule has 0 heterocycles. The highest BCUT2D eigenvalue weighted by molar-refractivity contribution is 7.87. The van der Waals surface area contributed by atoms with Crippen molar-refractivity contribution in [2.75, 3.05) is 20.2 Å². The highest BCUT2D eigenvalue weighted by Gasteiger charge is 2.19. The normalized spacial score (nSPS) is 12.1. The van der Waals surface area contributed by atoms with Crippen molar-refractivity contribution in [3.8, 4) is 0 Å². The summed E-state index contributed by atoms with van der Waals surface area (Å²) in [5, 5.41) is 8.73. The van der Waals surface area contributed by atoms with Gasteiger partial charge in [0, 0.05) is 30.7 Å². The predicted molar refractivity (Wildman–Crippen MR) is 66.9 cm³/mol. The summed E-state index contributed by atoms with van der Waals surface area (Å²) in [4.78, 5) is 0. The van der Waals surface area contributed by atoms with Crippen molar-refractivity contribution in [2.45, 2.75) is 6.54 Å². The number of nitrogens with one attached hydrogen (secondary N) is 1. The second-order valence-corrected chi connectivity index (χ2v) is 5.85. The monoisotopic (exact) mass is 296 g/mol. The third kappa shape index (κ3) is 3.89. The van der Waals surface area contributed by atoms with Crippen LogP contribution in [0.4, 0.5) is 4.39 Å². The molecule has 0 saturated carbocycles. The van der Waals surface area contributed by atoms with Gasteiger partial charge in [-0.3, -0.25) is 0 Å². The maximum atomic E-state index is 13.5. The third-order valence-corrected chi connectivity index (χ3v) is 4.12. The van der Waals surface area contributed by atoms with Gasteiger partial charge in [-0.2, -0.15) is 17.4 Å². The van der Waals surface area contributed by atoms with E-state index in [2.05, 4.69) is 4.72 Å². The van der Waals surface area contributed by atoms with Gasteiger partial charge in [0.1, 0.15) is 5.82 Å². The van der Waals surface area contributed by atoms with Crippen molar-refractivity contribution in [3.63, 3.8) is 0 Å². The Bertz CT molecular complexity index is 490. The minimum atomic E-state index is -3.76. The summed E-state index contributed by atoms with van der Waals surface area (Å²) in [6.45, 7) is -0.600. The van der Waals surface area contributed by atoms with Crippen molar-refractivity contribution in [3.05, 3.63) is 34.6 Å². The molecule has 102 valence electrons. The molecular formula is C10H14ClFN2O3S. The van der Waals surface area contributed by atoms with Gasteiger partial charge in [0.25, 0.3) is 10.2 Å². The summed E-state index contributed by atoms with van der Waals surface area (Å²) < 4.78 is 39.9. The van der Waals surface area contributed by atoms with Crippen LogP contribution in [-0.2, 0) is 16.8 Å². The summed E-state index contributed by atoms with van der Waals surface area (Å²) in [7, 11) is -2.46. The van der Waals surface area contributed by atoms with E-state index < -0.39 is 16.0 Å². The molecule has 0 amide bonds. The molecule has 18 heavy (non-hydrogen) atoms. The zero-order chi connectivity index (χ0) is 13.8. The molecule has 0 aliphatic rings. The van der Waals surface area contributed by atoms with E-state index >= 15 is 0 Å². The lowest BCUT2D eigenvalue weighted by atomic mass is 10.2. The third-order valence-electron chi connectivity index (χ3n) is 2.25. The summed E-state index contributed by atoms with van der Waals surface area (Å²) in [5.74, 6) is -0.563. The molecule has 0 spiro atoms. The standard InChI is InChI=1S/C10H14ClFN2O3S/c1-14(18(16,17)13-5-6-15)7-8-9(11)3-2-4-10(8)12/h2-4,13,15H,5-7H2,1H3. The van der Waals surface area contributed by atoms with Crippen LogP contribution >= 0.6 is 11.6 Å². The number of hydrogen-bond donors (Lipinski definition) is 2. The van der Waals surface area contributed by atoms with Crippen LogP contribution in [0.5, 0.6) is 0 Å². The predicted octanol–water partition coefficient (Wildman–Crippen LogP) is 0.738. The molecule has 0 aromatic heterocycles. The fraction of sp³-hybridized carbons (Fsp3) is 0.400. The lowest BCUT2D eigenvalue weighted by Crippen LogP contribution is -2.39. The Labute approximate surface area is 110 Å². The first-order chi connectivity index (χ1) is 8.38. The molecule has 1 aromatic carbocycles. The first-order valence-corrected chi connectivity index (χ1v) is 6.95. The Hall–Kier alpha value is -0.730. The Morgan fingerprint density at radius 2 is 2.17 bits per heavy atom. The fourth-order valence-electron chi connectivity index (χ4n) is 1.28. The molecule has 0 radical (unpaired) electrons. The molecule has 0 aliphatic heterocycles. The number of nitrogens with zero attached hydrogens (tertiary/aromatic N) is 1. The Morgan fingerprint density at radius 3 is 2.72 bits per heavy atom. The van der Waals surface area contributed by atoms with Gasteiger partial charge in [-0.05, 0) is 12.1 Å². The summed E-state index contributed by atoms with van der Waals surface area (Å²) in [6.07, 6.45) is 0. The van der Waals surface area contributed by atoms with Crippen molar-refractivity contribution in [2.24, 2.45) is 0 Å². The largest absolute Gasteiger partial charge is 0.395 e. The lowest BCUT2D eigenvalue weighted by molar-refractivity contribution is 0.299. The number of aliphatic hydroxyl groups is 1. The molecule has 0 atom stereocenters. The van der Waals surface area contributed by atoms with E-state index in [1.807, 2.05) is 0 Å². The van der Waals surface area contributed by atoms with Crippen molar-refractivity contribution in [1.82, 2.24) is 9.03 Å². The molecule has 1 aromatic rings. The second kappa shape index (κ2) is 6.44. The van der Waals surface area contributed by atoms with E-state index in [0.717, 1.165) is 4.31 Å². The van der Waals surface area contributed by atoms with Crippen LogP contribution in [0.1, 0.15) is 5.56 Å². The van der Waals surface area contributed by atoms with Crippen molar-refractivity contribution < 1.29 is 17.9 Å². The molecule has 0 aliphatic carbocycles. The summed E-state index contributed by atoms with van der Waals surface area (Å²) >= 11 is 5.81. The van der Waals surface area contributed by atoms with E-state index in [1.165, 1.54) is 25.2 Å². The molecule has 5 nitrogen and oxygen atoms in total. The molecule has 0 unspecified atom stereocenters. The molecule has 2 N–H and O–H groups in total. The number of halogens is 2. The average Bonchev–Trinajstić information content (AvgIpc) is 2.31. The zero-order valence-corrected chi connectivity index (χ0v) is 11.3. The van der Waals surface area contributed by atoms with Crippen LogP contribution in [0, 0.1) is 5.82 Å². The maximum absolute atomic E-state index is 13.5. The van der Waals surface area contributed by atoms with E-state index in [4.69, 9.17) is 16.7 Å². The van der Waals surface area contributed by atoms with Gasteiger partial charge < -0.3 is 5.11 Å². The summed E-state index contributed by atoms with van der Waals surface area (Å²) in [6, 6.07) is 4.14. The molecule has 0 fully saturated rings. The van der Waals surface area contributed by atoms with E-state index in [-0.39, 0.29) is 30.3 Å². The van der Waals surface area contributed by atoms with Crippen LogP contribution in [-0.4, -0.2) is 38.0 Å². The number of aliphatic hydroxyl groups excluding tert-OH is 1. The Kier molecular flexibility index (Phi) is 5.48. The van der Waals surface area contributed by atoms with Gasteiger partial charge in [-0.15, -0.1) is 0 Å². The first kappa shape index (κ1) is 15.3. The van der Waals surface area contributed by atoms with Crippen LogP contribution in [0.2, 0.25) is 5.02 Å².